The summed E-state index contributed by atoms with van der Waals surface area (Å²) in [6, 6.07) is 2.61. The summed E-state index contributed by atoms with van der Waals surface area (Å²) < 4.78 is 55.9. The van der Waals surface area contributed by atoms with Crippen molar-refractivity contribution in [2.24, 2.45) is 5.73 Å². The fourth-order valence-electron chi connectivity index (χ4n) is 2.07. The number of halogens is 5. The lowest BCUT2D eigenvalue weighted by molar-refractivity contribution is -0.137. The number of hydrogen-bond acceptors (Lipinski definition) is 2. The van der Waals surface area contributed by atoms with E-state index in [1.165, 1.54) is 13.0 Å². The molecule has 1 heterocycles. The van der Waals surface area contributed by atoms with Gasteiger partial charge in [-0.3, -0.25) is 0 Å². The topological polar surface area (TPSA) is 35.2 Å². The van der Waals surface area contributed by atoms with Crippen LogP contribution in [0.5, 0.6) is 5.75 Å². The Morgan fingerprint density at radius 2 is 2.05 bits per heavy atom. The molecule has 7 heteroatoms. The van der Waals surface area contributed by atoms with Gasteiger partial charge >= 0.3 is 6.18 Å². The lowest BCUT2D eigenvalue weighted by atomic mass is 9.89. The van der Waals surface area contributed by atoms with E-state index in [4.69, 9.17) is 10.5 Å². The molecule has 1 aliphatic heterocycles. The van der Waals surface area contributed by atoms with Gasteiger partial charge in [0.25, 0.3) is 0 Å². The molecule has 0 saturated heterocycles. The molecular weight excluding hydrogens is 286 g/mol. The zero-order valence-electron chi connectivity index (χ0n) is 10.1. The number of fused-ring (bicyclic) bond motifs is 1. The SMILES string of the molecule is C[C@@]1(CF)C[C@@H](N)c2ccc(C(F)(F)F)cc2O1.Cl. The van der Waals surface area contributed by atoms with Crippen molar-refractivity contribution in [3.8, 4) is 5.75 Å². The van der Waals surface area contributed by atoms with E-state index in [-0.39, 0.29) is 24.6 Å². The van der Waals surface area contributed by atoms with Crippen molar-refractivity contribution in [3.63, 3.8) is 0 Å². The second kappa shape index (κ2) is 5.17. The summed E-state index contributed by atoms with van der Waals surface area (Å²) in [5.74, 6) is 0.0173. The largest absolute Gasteiger partial charge is 0.484 e. The van der Waals surface area contributed by atoms with Gasteiger partial charge in [0.1, 0.15) is 18.0 Å². The second-order valence-electron chi connectivity index (χ2n) is 4.75. The van der Waals surface area contributed by atoms with Gasteiger partial charge in [-0.05, 0) is 19.1 Å². The average Bonchev–Trinajstić information content (AvgIpc) is 2.27. The first-order valence-corrected chi connectivity index (χ1v) is 5.47. The lowest BCUT2D eigenvalue weighted by Gasteiger charge is -2.37. The number of hydrogen-bond donors (Lipinski definition) is 1. The number of alkyl halides is 4. The smallest absolute Gasteiger partial charge is 0.416 e. The molecule has 0 saturated carbocycles. The molecular formula is C12H14ClF4NO. The maximum Gasteiger partial charge on any atom is 0.416 e. The molecule has 0 bridgehead atoms. The van der Waals surface area contributed by atoms with Gasteiger partial charge in [-0.1, -0.05) is 6.07 Å². The van der Waals surface area contributed by atoms with Gasteiger partial charge in [0.05, 0.1) is 5.56 Å². The van der Waals surface area contributed by atoms with E-state index in [1.807, 2.05) is 0 Å². The molecule has 0 aliphatic carbocycles. The Morgan fingerprint density at radius 3 is 2.58 bits per heavy atom. The average molecular weight is 300 g/mol. The Hall–Kier alpha value is -1.01. The summed E-state index contributed by atoms with van der Waals surface area (Å²) in [4.78, 5) is 0. The van der Waals surface area contributed by atoms with Crippen molar-refractivity contribution in [3.05, 3.63) is 29.3 Å². The van der Waals surface area contributed by atoms with Crippen molar-refractivity contribution in [1.82, 2.24) is 0 Å². The third-order valence-electron chi connectivity index (χ3n) is 3.03. The molecule has 0 aromatic heterocycles. The van der Waals surface area contributed by atoms with Crippen LogP contribution in [0.15, 0.2) is 18.2 Å². The first-order valence-electron chi connectivity index (χ1n) is 5.47. The summed E-state index contributed by atoms with van der Waals surface area (Å²) in [5.41, 5.74) is 4.33. The number of nitrogens with two attached hydrogens (primary N) is 1. The quantitative estimate of drug-likeness (QED) is 0.804. The van der Waals surface area contributed by atoms with E-state index < -0.39 is 30.1 Å². The van der Waals surface area contributed by atoms with Gasteiger partial charge in [-0.2, -0.15) is 13.2 Å². The predicted molar refractivity (Wildman–Crippen MR) is 65.2 cm³/mol. The summed E-state index contributed by atoms with van der Waals surface area (Å²) in [6.45, 7) is 0.701. The van der Waals surface area contributed by atoms with Crippen LogP contribution in [0, 0.1) is 0 Å². The molecule has 108 valence electrons. The van der Waals surface area contributed by atoms with Gasteiger partial charge in [0, 0.05) is 18.0 Å². The molecule has 2 rings (SSSR count). The fraction of sp³-hybridized carbons (Fsp3) is 0.500. The van der Waals surface area contributed by atoms with Crippen LogP contribution in [-0.2, 0) is 6.18 Å². The Morgan fingerprint density at radius 1 is 1.42 bits per heavy atom. The molecule has 1 aromatic carbocycles. The van der Waals surface area contributed by atoms with E-state index in [0.717, 1.165) is 12.1 Å². The Balaban J connectivity index is 0.00000180. The molecule has 0 radical (unpaired) electrons. The maximum absolute atomic E-state index is 12.9. The zero-order chi connectivity index (χ0) is 13.6. The molecule has 0 amide bonds. The van der Waals surface area contributed by atoms with Crippen molar-refractivity contribution in [2.45, 2.75) is 31.2 Å². The molecule has 2 N–H and O–H groups in total. The Kier molecular flexibility index (Phi) is 4.37. The predicted octanol–water partition coefficient (Wildman–Crippen LogP) is 3.64. The van der Waals surface area contributed by atoms with Gasteiger partial charge in [-0.15, -0.1) is 12.4 Å². The second-order valence-corrected chi connectivity index (χ2v) is 4.75. The third-order valence-corrected chi connectivity index (χ3v) is 3.03. The molecule has 19 heavy (non-hydrogen) atoms. The highest BCUT2D eigenvalue weighted by Crippen LogP contribution is 2.41. The first-order chi connectivity index (χ1) is 8.25. The van der Waals surface area contributed by atoms with Gasteiger partial charge < -0.3 is 10.5 Å². The highest BCUT2D eigenvalue weighted by molar-refractivity contribution is 5.85. The lowest BCUT2D eigenvalue weighted by Crippen LogP contribution is -2.42. The van der Waals surface area contributed by atoms with Gasteiger partial charge in [0.15, 0.2) is 0 Å². The Labute approximate surface area is 114 Å². The number of ether oxygens (including phenoxy) is 1. The minimum Gasteiger partial charge on any atom is -0.484 e. The van der Waals surface area contributed by atoms with Crippen LogP contribution in [0.3, 0.4) is 0 Å². The normalized spacial score (nSPS) is 26.1. The van der Waals surface area contributed by atoms with Crippen molar-refractivity contribution < 1.29 is 22.3 Å². The summed E-state index contributed by atoms with van der Waals surface area (Å²) >= 11 is 0. The van der Waals surface area contributed by atoms with Gasteiger partial charge in [0.2, 0.25) is 0 Å². The minimum atomic E-state index is -4.45. The van der Waals surface area contributed by atoms with Crippen molar-refractivity contribution in [2.75, 3.05) is 6.67 Å². The van der Waals surface area contributed by atoms with E-state index >= 15 is 0 Å². The van der Waals surface area contributed by atoms with E-state index in [9.17, 15) is 17.6 Å². The zero-order valence-corrected chi connectivity index (χ0v) is 10.9. The summed E-state index contributed by atoms with van der Waals surface area (Å²) in [6.07, 6.45) is -4.21. The van der Waals surface area contributed by atoms with Crippen molar-refractivity contribution in [1.29, 1.82) is 0 Å². The Bertz CT molecular complexity index is 466. The van der Waals surface area contributed by atoms with Crippen LogP contribution in [-0.4, -0.2) is 12.3 Å². The highest BCUT2D eigenvalue weighted by atomic mass is 35.5. The molecule has 2 nitrogen and oxygen atoms in total. The molecule has 0 spiro atoms. The summed E-state index contributed by atoms with van der Waals surface area (Å²) in [7, 11) is 0. The fourth-order valence-corrected chi connectivity index (χ4v) is 2.07. The van der Waals surface area contributed by atoms with Crippen LogP contribution in [0.1, 0.15) is 30.5 Å². The van der Waals surface area contributed by atoms with Crippen LogP contribution >= 0.6 is 12.4 Å². The highest BCUT2D eigenvalue weighted by Gasteiger charge is 2.38. The maximum atomic E-state index is 12.9. The first kappa shape index (κ1) is 16.0. The van der Waals surface area contributed by atoms with E-state index in [2.05, 4.69) is 0 Å². The number of benzene rings is 1. The van der Waals surface area contributed by atoms with Crippen LogP contribution in [0.4, 0.5) is 17.6 Å². The molecule has 1 aliphatic rings. The molecule has 1 aromatic rings. The third kappa shape index (κ3) is 3.12. The molecule has 0 fully saturated rings. The van der Waals surface area contributed by atoms with Gasteiger partial charge in [-0.25, -0.2) is 4.39 Å². The minimum absolute atomic E-state index is 0. The van der Waals surface area contributed by atoms with Crippen LogP contribution < -0.4 is 10.5 Å². The standard InChI is InChI=1S/C12H13F4NO.ClH/c1-11(6-13)5-9(17)8-3-2-7(12(14,15)16)4-10(8)18-11;/h2-4,9H,5-6,17H2,1H3;1H/t9-,11+;/m1./s1. The summed E-state index contributed by atoms with van der Waals surface area (Å²) in [5, 5.41) is 0. The van der Waals surface area contributed by atoms with E-state index in [0.29, 0.717) is 5.56 Å². The monoisotopic (exact) mass is 299 g/mol. The molecule has 2 atom stereocenters. The van der Waals surface area contributed by atoms with E-state index in [1.54, 1.807) is 0 Å². The van der Waals surface area contributed by atoms with Crippen LogP contribution in [0.2, 0.25) is 0 Å². The van der Waals surface area contributed by atoms with Crippen LogP contribution in [0.25, 0.3) is 0 Å². The molecule has 0 unspecified atom stereocenters. The number of rotatable bonds is 1. The van der Waals surface area contributed by atoms with Crippen molar-refractivity contribution >= 4 is 12.4 Å².